The number of hydrogen-bond acceptors (Lipinski definition) is 3. The topological polar surface area (TPSA) is 66.8 Å². The minimum atomic E-state index is -1.10. The van der Waals surface area contributed by atoms with Crippen LogP contribution in [0.2, 0.25) is 0 Å². The monoisotopic (exact) mass is 333 g/mol. The van der Waals surface area contributed by atoms with Crippen LogP contribution in [-0.4, -0.2) is 41.6 Å². The molecule has 7 heteroatoms. The number of hydrogen-bond donors (Lipinski definition) is 1. The maximum Gasteiger partial charge on any atom is 0.326 e. The number of amides is 1. The van der Waals surface area contributed by atoms with E-state index in [1.807, 2.05) is 0 Å². The van der Waals surface area contributed by atoms with Crippen LogP contribution in [0.25, 0.3) is 0 Å². The molecule has 0 fully saturated rings. The van der Waals surface area contributed by atoms with E-state index in [1.165, 1.54) is 32.2 Å². The first-order valence-electron chi connectivity index (χ1n) is 5.39. The lowest BCUT2D eigenvalue weighted by atomic mass is 10.3. The van der Waals surface area contributed by atoms with E-state index in [0.29, 0.717) is 10.2 Å². The molecule has 0 aromatic heterocycles. The molecule has 104 valence electrons. The number of aliphatic carboxylic acids is 1. The predicted molar refractivity (Wildman–Crippen MR) is 69.5 cm³/mol. The van der Waals surface area contributed by atoms with E-state index in [2.05, 4.69) is 15.9 Å². The van der Waals surface area contributed by atoms with E-state index in [9.17, 15) is 14.0 Å². The minimum Gasteiger partial charge on any atom is -0.483 e. The van der Waals surface area contributed by atoms with Gasteiger partial charge in [0.25, 0.3) is 5.91 Å². The summed E-state index contributed by atoms with van der Waals surface area (Å²) in [7, 11) is 1.38. The normalized spacial score (nSPS) is 11.8. The maximum atomic E-state index is 12.8. The zero-order chi connectivity index (χ0) is 14.6. The number of likely N-dealkylation sites (N-methyl/N-ethyl adjacent to an activating group) is 1. The third-order valence-electron chi connectivity index (χ3n) is 2.58. The molecule has 0 aliphatic carbocycles. The largest absolute Gasteiger partial charge is 0.483 e. The molecule has 1 unspecified atom stereocenters. The second kappa shape index (κ2) is 6.51. The summed E-state index contributed by atoms with van der Waals surface area (Å²) in [5, 5.41) is 8.78. The summed E-state index contributed by atoms with van der Waals surface area (Å²) < 4.78 is 18.4. The van der Waals surface area contributed by atoms with Gasteiger partial charge in [-0.1, -0.05) is 0 Å². The summed E-state index contributed by atoms with van der Waals surface area (Å²) in [4.78, 5) is 23.5. The van der Waals surface area contributed by atoms with Gasteiger partial charge in [-0.05, 0) is 41.1 Å². The van der Waals surface area contributed by atoms with Gasteiger partial charge in [-0.25, -0.2) is 9.18 Å². The number of nitrogens with zero attached hydrogens (tertiary/aromatic N) is 1. The fourth-order valence-corrected chi connectivity index (χ4v) is 1.68. The smallest absolute Gasteiger partial charge is 0.326 e. The maximum absolute atomic E-state index is 12.8. The molecule has 0 heterocycles. The highest BCUT2D eigenvalue weighted by atomic mass is 79.9. The molecule has 0 saturated carbocycles. The molecule has 0 saturated heterocycles. The van der Waals surface area contributed by atoms with Crippen LogP contribution in [0.5, 0.6) is 5.75 Å². The van der Waals surface area contributed by atoms with Crippen molar-refractivity contribution >= 4 is 27.8 Å². The number of benzene rings is 1. The van der Waals surface area contributed by atoms with Gasteiger partial charge in [0.05, 0.1) is 4.47 Å². The van der Waals surface area contributed by atoms with Crippen LogP contribution in [0.3, 0.4) is 0 Å². The average Bonchev–Trinajstić information content (AvgIpc) is 2.35. The van der Waals surface area contributed by atoms with Crippen LogP contribution in [0.1, 0.15) is 6.92 Å². The zero-order valence-corrected chi connectivity index (χ0v) is 12.0. The van der Waals surface area contributed by atoms with Gasteiger partial charge >= 0.3 is 5.97 Å². The fourth-order valence-electron chi connectivity index (χ4n) is 1.22. The molecular weight excluding hydrogens is 321 g/mol. The van der Waals surface area contributed by atoms with Gasteiger partial charge in [-0.15, -0.1) is 0 Å². The van der Waals surface area contributed by atoms with Crippen molar-refractivity contribution in [3.8, 4) is 5.75 Å². The molecule has 0 radical (unpaired) electrons. The summed E-state index contributed by atoms with van der Waals surface area (Å²) in [6.07, 6.45) is 0. The molecule has 19 heavy (non-hydrogen) atoms. The Hall–Kier alpha value is -1.63. The first-order valence-corrected chi connectivity index (χ1v) is 6.18. The van der Waals surface area contributed by atoms with Crippen molar-refractivity contribution in [1.29, 1.82) is 0 Å². The van der Waals surface area contributed by atoms with Gasteiger partial charge in [0, 0.05) is 7.05 Å². The highest BCUT2D eigenvalue weighted by molar-refractivity contribution is 9.10. The summed E-state index contributed by atoms with van der Waals surface area (Å²) >= 11 is 3.10. The summed E-state index contributed by atoms with van der Waals surface area (Å²) in [5.41, 5.74) is 0. The Morgan fingerprint density at radius 3 is 2.68 bits per heavy atom. The molecular formula is C12H13BrFNO4. The first-order chi connectivity index (χ1) is 8.82. The number of carbonyl (C=O) groups excluding carboxylic acids is 1. The van der Waals surface area contributed by atoms with Crippen molar-refractivity contribution in [2.24, 2.45) is 0 Å². The Labute approximate surface area is 118 Å². The van der Waals surface area contributed by atoms with Crippen molar-refractivity contribution < 1.29 is 23.8 Å². The average molecular weight is 334 g/mol. The quantitative estimate of drug-likeness (QED) is 0.893. The molecule has 0 bridgehead atoms. The Bertz CT molecular complexity index is 495. The molecule has 1 rings (SSSR count). The summed E-state index contributed by atoms with van der Waals surface area (Å²) in [6.45, 7) is 1.08. The highest BCUT2D eigenvalue weighted by Crippen LogP contribution is 2.25. The Kier molecular flexibility index (Phi) is 5.29. The molecule has 1 N–H and O–H groups in total. The van der Waals surface area contributed by atoms with Crippen molar-refractivity contribution in [3.05, 3.63) is 28.5 Å². The third kappa shape index (κ3) is 4.20. The van der Waals surface area contributed by atoms with Gasteiger partial charge in [-0.3, -0.25) is 4.79 Å². The SMILES string of the molecule is CC(C(=O)O)N(C)C(=O)COc1ccc(F)cc1Br. The van der Waals surface area contributed by atoms with Crippen molar-refractivity contribution in [1.82, 2.24) is 4.90 Å². The Morgan fingerprint density at radius 2 is 2.16 bits per heavy atom. The summed E-state index contributed by atoms with van der Waals surface area (Å²) in [5.74, 6) is -1.70. The molecule has 1 amide bonds. The molecule has 0 aliphatic rings. The molecule has 0 spiro atoms. The standard InChI is InChI=1S/C12H13BrFNO4/c1-7(12(17)18)15(2)11(16)6-19-10-4-3-8(14)5-9(10)13/h3-5,7H,6H2,1-2H3,(H,17,18). The molecule has 1 aromatic rings. The number of rotatable bonds is 5. The third-order valence-corrected chi connectivity index (χ3v) is 3.20. The van der Waals surface area contributed by atoms with Crippen molar-refractivity contribution in [3.63, 3.8) is 0 Å². The minimum absolute atomic E-state index is 0.311. The van der Waals surface area contributed by atoms with Crippen molar-refractivity contribution in [2.45, 2.75) is 13.0 Å². The lowest BCUT2D eigenvalue weighted by Gasteiger charge is -2.21. The number of carboxylic acid groups (broad SMARTS) is 1. The molecule has 0 aliphatic heterocycles. The lowest BCUT2D eigenvalue weighted by molar-refractivity contribution is -0.148. The van der Waals surface area contributed by atoms with E-state index in [-0.39, 0.29) is 6.61 Å². The highest BCUT2D eigenvalue weighted by Gasteiger charge is 2.22. The second-order valence-corrected chi connectivity index (χ2v) is 4.74. The first kappa shape index (κ1) is 15.4. The second-order valence-electron chi connectivity index (χ2n) is 3.88. The van der Waals surface area contributed by atoms with E-state index in [0.717, 1.165) is 4.90 Å². The van der Waals surface area contributed by atoms with Crippen LogP contribution in [-0.2, 0) is 9.59 Å². The number of carboxylic acids is 1. The van der Waals surface area contributed by atoms with Gasteiger partial charge in [0.1, 0.15) is 17.6 Å². The van der Waals surface area contributed by atoms with Gasteiger partial charge in [0.15, 0.2) is 6.61 Å². The van der Waals surface area contributed by atoms with E-state index >= 15 is 0 Å². The van der Waals surface area contributed by atoms with Crippen LogP contribution in [0.15, 0.2) is 22.7 Å². The van der Waals surface area contributed by atoms with E-state index in [1.54, 1.807) is 0 Å². The zero-order valence-electron chi connectivity index (χ0n) is 10.4. The molecule has 5 nitrogen and oxygen atoms in total. The van der Waals surface area contributed by atoms with E-state index < -0.39 is 23.7 Å². The Balaban J connectivity index is 2.61. The van der Waals surface area contributed by atoms with Gasteiger partial charge in [-0.2, -0.15) is 0 Å². The molecule has 1 atom stereocenters. The predicted octanol–water partition coefficient (Wildman–Crippen LogP) is 1.90. The van der Waals surface area contributed by atoms with Crippen LogP contribution < -0.4 is 4.74 Å². The fraction of sp³-hybridized carbons (Fsp3) is 0.333. The van der Waals surface area contributed by atoms with Gasteiger partial charge in [0.2, 0.25) is 0 Å². The Morgan fingerprint density at radius 1 is 1.53 bits per heavy atom. The number of halogens is 2. The summed E-state index contributed by atoms with van der Waals surface area (Å²) in [6, 6.07) is 2.86. The van der Waals surface area contributed by atoms with Crippen molar-refractivity contribution in [2.75, 3.05) is 13.7 Å². The lowest BCUT2D eigenvalue weighted by Crippen LogP contribution is -2.42. The molecule has 1 aromatic carbocycles. The van der Waals surface area contributed by atoms with Crippen LogP contribution >= 0.6 is 15.9 Å². The van der Waals surface area contributed by atoms with Crippen LogP contribution in [0, 0.1) is 5.82 Å². The number of ether oxygens (including phenoxy) is 1. The van der Waals surface area contributed by atoms with Crippen LogP contribution in [0.4, 0.5) is 4.39 Å². The number of carbonyl (C=O) groups is 2. The van der Waals surface area contributed by atoms with E-state index in [4.69, 9.17) is 9.84 Å². The van der Waals surface area contributed by atoms with Gasteiger partial charge < -0.3 is 14.7 Å².